The van der Waals surface area contributed by atoms with Gasteiger partial charge in [-0.05, 0) is 24.6 Å². The number of carbonyl (C=O) groups is 1. The first-order valence-corrected chi connectivity index (χ1v) is 6.06. The van der Waals surface area contributed by atoms with E-state index < -0.39 is 5.91 Å². The third kappa shape index (κ3) is 3.66. The third-order valence-electron chi connectivity index (χ3n) is 2.52. The molecule has 0 aliphatic carbocycles. The summed E-state index contributed by atoms with van der Waals surface area (Å²) in [7, 11) is 0. The van der Waals surface area contributed by atoms with Gasteiger partial charge in [-0.3, -0.25) is 4.79 Å². The summed E-state index contributed by atoms with van der Waals surface area (Å²) in [5, 5.41) is 3.54. The van der Waals surface area contributed by atoms with Crippen LogP contribution < -0.4 is 11.1 Å². The minimum atomic E-state index is -0.433. The van der Waals surface area contributed by atoms with Crippen LogP contribution in [0.1, 0.15) is 21.7 Å². The summed E-state index contributed by atoms with van der Waals surface area (Å²) in [4.78, 5) is 19.1. The van der Waals surface area contributed by atoms with E-state index in [1.165, 1.54) is 0 Å². The van der Waals surface area contributed by atoms with Gasteiger partial charge in [-0.15, -0.1) is 0 Å². The number of hydrogen-bond acceptors (Lipinski definition) is 4. The fraction of sp³-hybridized carbons (Fsp3) is 0.154. The number of aryl methyl sites for hydroxylation is 1. The molecule has 1 amide bonds. The molecule has 0 spiro atoms. The normalized spacial score (nSPS) is 10.2. The van der Waals surface area contributed by atoms with Crippen molar-refractivity contribution in [1.82, 2.24) is 9.97 Å². The molecule has 0 aliphatic rings. The molecule has 1 aromatic carbocycles. The molecule has 5 nitrogen and oxygen atoms in total. The molecule has 1 aromatic heterocycles. The zero-order chi connectivity index (χ0) is 13.8. The average Bonchev–Trinajstić information content (AvgIpc) is 2.36. The predicted molar refractivity (Wildman–Crippen MR) is 74.1 cm³/mol. The lowest BCUT2D eigenvalue weighted by Crippen LogP contribution is -2.11. The number of hydrogen-bond donors (Lipinski definition) is 2. The van der Waals surface area contributed by atoms with Crippen LogP contribution in [-0.2, 0) is 6.54 Å². The Morgan fingerprint density at radius 1 is 1.32 bits per heavy atom. The van der Waals surface area contributed by atoms with Crippen LogP contribution in [0.3, 0.4) is 0 Å². The Hall–Kier alpha value is -2.14. The molecular formula is C13H13ClN4O. The van der Waals surface area contributed by atoms with E-state index in [0.29, 0.717) is 28.9 Å². The monoisotopic (exact) mass is 276 g/mol. The molecule has 0 unspecified atom stereocenters. The van der Waals surface area contributed by atoms with Crippen LogP contribution in [0.4, 0.5) is 5.82 Å². The number of aromatic nitrogens is 2. The number of nitrogens with zero attached hydrogens (tertiary/aromatic N) is 2. The number of halogens is 1. The predicted octanol–water partition coefficient (Wildman–Crippen LogP) is 2.15. The molecule has 6 heteroatoms. The SMILES string of the molecule is Cc1nc(Cl)cc(NCc2ccc(C(N)=O)cc2)n1. The van der Waals surface area contributed by atoms with Gasteiger partial charge in [-0.2, -0.15) is 0 Å². The van der Waals surface area contributed by atoms with Crippen molar-refractivity contribution in [2.75, 3.05) is 5.32 Å². The zero-order valence-electron chi connectivity index (χ0n) is 10.4. The fourth-order valence-corrected chi connectivity index (χ4v) is 1.83. The van der Waals surface area contributed by atoms with Crippen LogP contribution in [0.5, 0.6) is 0 Å². The summed E-state index contributed by atoms with van der Waals surface area (Å²) in [6.45, 7) is 2.35. The van der Waals surface area contributed by atoms with Crippen molar-refractivity contribution in [1.29, 1.82) is 0 Å². The summed E-state index contributed by atoms with van der Waals surface area (Å²) >= 11 is 5.85. The number of rotatable bonds is 4. The van der Waals surface area contributed by atoms with E-state index in [2.05, 4.69) is 15.3 Å². The van der Waals surface area contributed by atoms with Gasteiger partial charge >= 0.3 is 0 Å². The average molecular weight is 277 g/mol. The highest BCUT2D eigenvalue weighted by Crippen LogP contribution is 2.12. The first kappa shape index (κ1) is 13.3. The number of anilines is 1. The molecule has 98 valence electrons. The highest BCUT2D eigenvalue weighted by Gasteiger charge is 2.02. The molecule has 2 aromatic rings. The van der Waals surface area contributed by atoms with Gasteiger partial charge in [0.15, 0.2) is 0 Å². The van der Waals surface area contributed by atoms with Crippen molar-refractivity contribution in [2.24, 2.45) is 5.73 Å². The van der Waals surface area contributed by atoms with Gasteiger partial charge in [0.1, 0.15) is 16.8 Å². The number of nitrogens with two attached hydrogens (primary N) is 1. The van der Waals surface area contributed by atoms with Crippen molar-refractivity contribution in [3.63, 3.8) is 0 Å². The molecule has 0 saturated heterocycles. The van der Waals surface area contributed by atoms with Crippen molar-refractivity contribution in [3.8, 4) is 0 Å². The number of amides is 1. The van der Waals surface area contributed by atoms with E-state index in [4.69, 9.17) is 17.3 Å². The Bertz CT molecular complexity index is 578. The van der Waals surface area contributed by atoms with Gasteiger partial charge in [0.25, 0.3) is 0 Å². The molecule has 3 N–H and O–H groups in total. The Morgan fingerprint density at radius 3 is 2.58 bits per heavy atom. The lowest BCUT2D eigenvalue weighted by molar-refractivity contribution is 0.100. The van der Waals surface area contributed by atoms with E-state index in [9.17, 15) is 4.79 Å². The van der Waals surface area contributed by atoms with Crippen molar-refractivity contribution < 1.29 is 4.79 Å². The minimum absolute atomic E-state index is 0.402. The summed E-state index contributed by atoms with van der Waals surface area (Å²) in [6, 6.07) is 8.72. The van der Waals surface area contributed by atoms with E-state index >= 15 is 0 Å². The number of nitrogens with one attached hydrogen (secondary N) is 1. The molecule has 0 saturated carbocycles. The number of benzene rings is 1. The Labute approximate surface area is 115 Å². The Morgan fingerprint density at radius 2 is 2.00 bits per heavy atom. The van der Waals surface area contributed by atoms with Crippen LogP contribution in [-0.4, -0.2) is 15.9 Å². The van der Waals surface area contributed by atoms with Gasteiger partial charge < -0.3 is 11.1 Å². The van der Waals surface area contributed by atoms with Crippen molar-refractivity contribution in [2.45, 2.75) is 13.5 Å². The molecule has 1 heterocycles. The lowest BCUT2D eigenvalue weighted by Gasteiger charge is -2.07. The maximum Gasteiger partial charge on any atom is 0.248 e. The van der Waals surface area contributed by atoms with Crippen molar-refractivity contribution in [3.05, 3.63) is 52.4 Å². The molecule has 0 radical (unpaired) electrons. The van der Waals surface area contributed by atoms with Gasteiger partial charge in [0, 0.05) is 18.2 Å². The van der Waals surface area contributed by atoms with Gasteiger partial charge in [0.2, 0.25) is 5.91 Å². The smallest absolute Gasteiger partial charge is 0.248 e. The Kier molecular flexibility index (Phi) is 3.97. The maximum absolute atomic E-state index is 10.9. The molecule has 0 fully saturated rings. The molecule has 0 bridgehead atoms. The van der Waals surface area contributed by atoms with Gasteiger partial charge in [0.05, 0.1) is 0 Å². The summed E-state index contributed by atoms with van der Waals surface area (Å²) in [5.74, 6) is 0.841. The summed E-state index contributed by atoms with van der Waals surface area (Å²) in [5.41, 5.74) is 6.68. The second-order valence-corrected chi connectivity index (χ2v) is 4.43. The second-order valence-electron chi connectivity index (χ2n) is 4.04. The Balaban J connectivity index is 2.03. The summed E-state index contributed by atoms with van der Waals surface area (Å²) < 4.78 is 0. The van der Waals surface area contributed by atoms with Gasteiger partial charge in [-0.25, -0.2) is 9.97 Å². The van der Waals surface area contributed by atoms with Crippen LogP contribution in [0.15, 0.2) is 30.3 Å². The standard InChI is InChI=1S/C13H13ClN4O/c1-8-17-11(14)6-12(18-8)16-7-9-2-4-10(5-3-9)13(15)19/h2-6H,7H2,1H3,(H2,15,19)(H,16,17,18). The number of primary amides is 1. The maximum atomic E-state index is 10.9. The highest BCUT2D eigenvalue weighted by molar-refractivity contribution is 6.29. The topological polar surface area (TPSA) is 80.9 Å². The van der Waals surface area contributed by atoms with E-state index in [0.717, 1.165) is 5.56 Å². The van der Waals surface area contributed by atoms with Crippen LogP contribution in [0.25, 0.3) is 0 Å². The van der Waals surface area contributed by atoms with Gasteiger partial charge in [-0.1, -0.05) is 23.7 Å². The molecule has 2 rings (SSSR count). The van der Waals surface area contributed by atoms with E-state index in [1.54, 1.807) is 25.1 Å². The first-order chi connectivity index (χ1) is 9.04. The first-order valence-electron chi connectivity index (χ1n) is 5.68. The molecule has 0 atom stereocenters. The van der Waals surface area contributed by atoms with Crippen LogP contribution >= 0.6 is 11.6 Å². The highest BCUT2D eigenvalue weighted by atomic mass is 35.5. The largest absolute Gasteiger partial charge is 0.366 e. The van der Waals surface area contributed by atoms with Crippen LogP contribution in [0.2, 0.25) is 5.15 Å². The van der Waals surface area contributed by atoms with E-state index in [-0.39, 0.29) is 0 Å². The lowest BCUT2D eigenvalue weighted by atomic mass is 10.1. The zero-order valence-corrected chi connectivity index (χ0v) is 11.1. The number of carbonyl (C=O) groups excluding carboxylic acids is 1. The molecular weight excluding hydrogens is 264 g/mol. The second kappa shape index (κ2) is 5.67. The minimum Gasteiger partial charge on any atom is -0.366 e. The third-order valence-corrected chi connectivity index (χ3v) is 2.71. The fourth-order valence-electron chi connectivity index (χ4n) is 1.60. The van der Waals surface area contributed by atoms with E-state index in [1.807, 2.05) is 12.1 Å². The van der Waals surface area contributed by atoms with Crippen LogP contribution in [0, 0.1) is 6.92 Å². The molecule has 0 aliphatic heterocycles. The molecule has 19 heavy (non-hydrogen) atoms. The summed E-state index contributed by atoms with van der Waals surface area (Å²) in [6.07, 6.45) is 0. The quantitative estimate of drug-likeness (QED) is 0.839. The van der Waals surface area contributed by atoms with Crippen molar-refractivity contribution >= 4 is 23.3 Å².